The Labute approximate surface area is 160 Å². The van der Waals surface area contributed by atoms with Gasteiger partial charge in [0.1, 0.15) is 17.9 Å². The van der Waals surface area contributed by atoms with Crippen molar-refractivity contribution in [1.82, 2.24) is 10.2 Å². The Morgan fingerprint density at radius 1 is 1.07 bits per heavy atom. The van der Waals surface area contributed by atoms with Crippen LogP contribution in [0.4, 0.5) is 13.6 Å². The molecule has 148 valence electrons. The van der Waals surface area contributed by atoms with Gasteiger partial charge in [0.2, 0.25) is 5.91 Å². The van der Waals surface area contributed by atoms with Crippen molar-refractivity contribution in [2.24, 2.45) is 0 Å². The summed E-state index contributed by atoms with van der Waals surface area (Å²) in [6.45, 7) is 0.746. The maximum atomic E-state index is 13.3. The van der Waals surface area contributed by atoms with Crippen LogP contribution >= 0.6 is 0 Å². The third-order valence-electron chi connectivity index (χ3n) is 4.60. The molecule has 2 N–H and O–H groups in total. The molecule has 1 aliphatic rings. The zero-order valence-corrected chi connectivity index (χ0v) is 15.0. The van der Waals surface area contributed by atoms with Crippen molar-refractivity contribution in [2.75, 3.05) is 13.1 Å². The van der Waals surface area contributed by atoms with Gasteiger partial charge < -0.3 is 20.1 Å². The fraction of sp³-hybridized carbons (Fsp3) is 0.300. The predicted octanol–water partition coefficient (Wildman–Crippen LogP) is 3.34. The molecule has 1 saturated heterocycles. The van der Waals surface area contributed by atoms with E-state index in [0.29, 0.717) is 31.5 Å². The number of hydrogen-bond donors (Lipinski definition) is 2. The van der Waals surface area contributed by atoms with Crippen LogP contribution in [0.15, 0.2) is 48.5 Å². The number of benzene rings is 2. The average molecular weight is 390 g/mol. The van der Waals surface area contributed by atoms with E-state index in [9.17, 15) is 18.4 Å². The van der Waals surface area contributed by atoms with Crippen molar-refractivity contribution in [3.63, 3.8) is 0 Å². The highest BCUT2D eigenvalue weighted by Gasteiger charge is 2.31. The molecule has 1 atom stereocenters. The lowest BCUT2D eigenvalue weighted by Crippen LogP contribution is -2.47. The van der Waals surface area contributed by atoms with E-state index < -0.39 is 23.8 Å². The number of piperidine rings is 1. The summed E-state index contributed by atoms with van der Waals surface area (Å²) in [5, 5.41) is 11.4. The molecule has 1 heterocycles. The van der Waals surface area contributed by atoms with Crippen molar-refractivity contribution in [3.05, 3.63) is 65.7 Å². The van der Waals surface area contributed by atoms with Crippen LogP contribution in [0.1, 0.15) is 24.4 Å². The minimum absolute atomic E-state index is 0.235. The summed E-state index contributed by atoms with van der Waals surface area (Å²) in [6.07, 6.45) is -0.520. The van der Waals surface area contributed by atoms with E-state index in [2.05, 4.69) is 5.32 Å². The maximum Gasteiger partial charge on any atom is 0.405 e. The smallest absolute Gasteiger partial charge is 0.405 e. The molecule has 0 bridgehead atoms. The molecular weight excluding hydrogens is 370 g/mol. The summed E-state index contributed by atoms with van der Waals surface area (Å²) < 4.78 is 32.0. The van der Waals surface area contributed by atoms with Crippen LogP contribution in [0.25, 0.3) is 0 Å². The minimum Gasteiger partial charge on any atom is -0.490 e. The standard InChI is InChI=1S/C20H20F2N2O4/c21-16-7-6-15(12-17(16)22)28-14-8-10-24(11-9-14)19(25)18(23-20(26)27)13-4-2-1-3-5-13/h1-7,12,14,18,23H,8-11H2,(H,26,27)/t18-/m0/s1. The number of nitrogens with zero attached hydrogens (tertiary/aromatic N) is 1. The molecule has 0 aromatic heterocycles. The molecule has 0 spiro atoms. The first-order valence-corrected chi connectivity index (χ1v) is 8.89. The Hall–Kier alpha value is -3.16. The Morgan fingerprint density at radius 3 is 2.36 bits per heavy atom. The minimum atomic E-state index is -1.28. The molecule has 28 heavy (non-hydrogen) atoms. The number of halogens is 2. The Balaban J connectivity index is 1.61. The van der Waals surface area contributed by atoms with Crippen molar-refractivity contribution >= 4 is 12.0 Å². The van der Waals surface area contributed by atoms with Crippen LogP contribution in [0.5, 0.6) is 5.75 Å². The highest BCUT2D eigenvalue weighted by Crippen LogP contribution is 2.23. The zero-order valence-electron chi connectivity index (χ0n) is 15.0. The summed E-state index contributed by atoms with van der Waals surface area (Å²) in [5.74, 6) is -2.01. The number of likely N-dealkylation sites (tertiary alicyclic amines) is 1. The van der Waals surface area contributed by atoms with Gasteiger partial charge in [-0.2, -0.15) is 0 Å². The van der Waals surface area contributed by atoms with Crippen molar-refractivity contribution in [1.29, 1.82) is 0 Å². The highest BCUT2D eigenvalue weighted by molar-refractivity contribution is 5.86. The Morgan fingerprint density at radius 2 is 1.75 bits per heavy atom. The van der Waals surface area contributed by atoms with Crippen molar-refractivity contribution in [2.45, 2.75) is 25.0 Å². The number of amides is 2. The maximum absolute atomic E-state index is 13.3. The molecule has 0 radical (unpaired) electrons. The first-order chi connectivity index (χ1) is 13.4. The first-order valence-electron chi connectivity index (χ1n) is 8.89. The lowest BCUT2D eigenvalue weighted by atomic mass is 10.0. The lowest BCUT2D eigenvalue weighted by molar-refractivity contribution is -0.135. The van der Waals surface area contributed by atoms with Gasteiger partial charge in [-0.1, -0.05) is 30.3 Å². The van der Waals surface area contributed by atoms with Crippen molar-refractivity contribution in [3.8, 4) is 5.75 Å². The fourth-order valence-corrected chi connectivity index (χ4v) is 3.18. The molecule has 1 aliphatic heterocycles. The number of carboxylic acid groups (broad SMARTS) is 1. The third-order valence-corrected chi connectivity index (χ3v) is 4.60. The lowest BCUT2D eigenvalue weighted by Gasteiger charge is -2.34. The number of carbonyl (C=O) groups excluding carboxylic acids is 1. The summed E-state index contributed by atoms with van der Waals surface area (Å²) in [5.41, 5.74) is 0.565. The van der Waals surface area contributed by atoms with Crippen LogP contribution in [-0.2, 0) is 4.79 Å². The molecular formula is C20H20F2N2O4. The van der Waals surface area contributed by atoms with E-state index in [-0.39, 0.29) is 17.8 Å². The normalized spacial score (nSPS) is 15.7. The summed E-state index contributed by atoms with van der Waals surface area (Å²) in [4.78, 5) is 25.5. The monoisotopic (exact) mass is 390 g/mol. The van der Waals surface area contributed by atoms with Crippen LogP contribution < -0.4 is 10.1 Å². The van der Waals surface area contributed by atoms with E-state index in [0.717, 1.165) is 12.1 Å². The molecule has 8 heteroatoms. The number of hydrogen-bond acceptors (Lipinski definition) is 3. The number of ether oxygens (including phenoxy) is 1. The average Bonchev–Trinajstić information content (AvgIpc) is 2.69. The van der Waals surface area contributed by atoms with Gasteiger partial charge in [-0.25, -0.2) is 13.6 Å². The van der Waals surface area contributed by atoms with E-state index in [1.54, 1.807) is 35.2 Å². The van der Waals surface area contributed by atoms with Gasteiger partial charge in [-0.3, -0.25) is 4.79 Å². The molecule has 1 fully saturated rings. The van der Waals surface area contributed by atoms with E-state index in [1.165, 1.54) is 6.07 Å². The van der Waals surface area contributed by atoms with Crippen LogP contribution in [0.2, 0.25) is 0 Å². The molecule has 0 aliphatic carbocycles. The highest BCUT2D eigenvalue weighted by atomic mass is 19.2. The number of carbonyl (C=O) groups is 2. The number of rotatable bonds is 5. The third kappa shape index (κ3) is 4.76. The molecule has 2 aromatic carbocycles. The molecule has 0 saturated carbocycles. The van der Waals surface area contributed by atoms with Crippen molar-refractivity contribution < 1.29 is 28.2 Å². The Kier molecular flexibility index (Phi) is 6.08. The van der Waals surface area contributed by atoms with E-state index in [1.807, 2.05) is 0 Å². The van der Waals surface area contributed by atoms with Gasteiger partial charge in [-0.05, 0) is 17.7 Å². The van der Waals surface area contributed by atoms with Gasteiger partial charge in [-0.15, -0.1) is 0 Å². The van der Waals surface area contributed by atoms with E-state index in [4.69, 9.17) is 9.84 Å². The van der Waals surface area contributed by atoms with Crippen LogP contribution in [0.3, 0.4) is 0 Å². The topological polar surface area (TPSA) is 78.9 Å². The summed E-state index contributed by atoms with van der Waals surface area (Å²) in [6, 6.07) is 11.0. The summed E-state index contributed by atoms with van der Waals surface area (Å²) in [7, 11) is 0. The van der Waals surface area contributed by atoms with Gasteiger partial charge in [0.15, 0.2) is 11.6 Å². The molecule has 3 rings (SSSR count). The second kappa shape index (κ2) is 8.69. The zero-order chi connectivity index (χ0) is 20.1. The first kappa shape index (κ1) is 19.6. The van der Waals surface area contributed by atoms with E-state index >= 15 is 0 Å². The predicted molar refractivity (Wildman–Crippen MR) is 96.9 cm³/mol. The van der Waals surface area contributed by atoms with Gasteiger partial charge in [0.25, 0.3) is 0 Å². The Bertz CT molecular complexity index is 839. The molecule has 2 amide bonds. The second-order valence-corrected chi connectivity index (χ2v) is 6.51. The van der Waals surface area contributed by atoms with Gasteiger partial charge >= 0.3 is 6.09 Å². The SMILES string of the molecule is O=C(O)N[C@H](C(=O)N1CCC(Oc2ccc(F)c(F)c2)CC1)c1ccccc1. The molecule has 2 aromatic rings. The van der Waals surface area contributed by atoms with Gasteiger partial charge in [0, 0.05) is 32.0 Å². The van der Waals surface area contributed by atoms with Gasteiger partial charge in [0.05, 0.1) is 0 Å². The molecule has 0 unspecified atom stereocenters. The van der Waals surface area contributed by atoms with Crippen LogP contribution in [0, 0.1) is 11.6 Å². The quantitative estimate of drug-likeness (QED) is 0.821. The number of nitrogens with one attached hydrogen (secondary N) is 1. The van der Waals surface area contributed by atoms with Crippen LogP contribution in [-0.4, -0.2) is 41.2 Å². The molecule has 6 nitrogen and oxygen atoms in total. The second-order valence-electron chi connectivity index (χ2n) is 6.51. The summed E-state index contributed by atoms with van der Waals surface area (Å²) >= 11 is 0. The largest absolute Gasteiger partial charge is 0.490 e. The fourth-order valence-electron chi connectivity index (χ4n) is 3.18.